The predicted octanol–water partition coefficient (Wildman–Crippen LogP) is 2.37. The molecule has 9 heteroatoms. The number of pyridine rings is 1. The number of alkyl halides is 3. The van der Waals surface area contributed by atoms with Crippen molar-refractivity contribution in [3.05, 3.63) is 41.9 Å². The van der Waals surface area contributed by atoms with E-state index in [0.29, 0.717) is 0 Å². The summed E-state index contributed by atoms with van der Waals surface area (Å²) in [6, 6.07) is 1.96. The first kappa shape index (κ1) is 13.8. The third-order valence-electron chi connectivity index (χ3n) is 2.16. The number of oxazole rings is 1. The van der Waals surface area contributed by atoms with E-state index in [1.165, 1.54) is 6.07 Å². The minimum Gasteiger partial charge on any atom is -0.484 e. The van der Waals surface area contributed by atoms with Gasteiger partial charge < -0.3 is 14.3 Å². The molecule has 2 aromatic rings. The van der Waals surface area contributed by atoms with Gasteiger partial charge in [0, 0.05) is 12.3 Å². The molecule has 2 heterocycles. The van der Waals surface area contributed by atoms with Gasteiger partial charge in [0.2, 0.25) is 5.89 Å². The summed E-state index contributed by atoms with van der Waals surface area (Å²) in [7, 11) is 0. The lowest BCUT2D eigenvalue weighted by molar-refractivity contribution is -0.141. The predicted molar refractivity (Wildman–Crippen MR) is 57.0 cm³/mol. The molecule has 0 aliphatic carbocycles. The smallest absolute Gasteiger partial charge is 0.433 e. The Kier molecular flexibility index (Phi) is 3.59. The molecule has 0 spiro atoms. The van der Waals surface area contributed by atoms with Gasteiger partial charge in [-0.15, -0.1) is 0 Å². The number of aromatic carboxylic acids is 1. The van der Waals surface area contributed by atoms with Crippen LogP contribution < -0.4 is 4.74 Å². The van der Waals surface area contributed by atoms with E-state index in [4.69, 9.17) is 14.3 Å². The number of carbonyl (C=O) groups is 1. The Morgan fingerprint density at radius 3 is 2.80 bits per heavy atom. The molecule has 0 unspecified atom stereocenters. The Balaban J connectivity index is 2.05. The maximum Gasteiger partial charge on any atom is 0.433 e. The van der Waals surface area contributed by atoms with Gasteiger partial charge in [-0.25, -0.2) is 9.78 Å². The average Bonchev–Trinajstić information content (AvgIpc) is 2.85. The van der Waals surface area contributed by atoms with Gasteiger partial charge >= 0.3 is 12.1 Å². The summed E-state index contributed by atoms with van der Waals surface area (Å²) < 4.78 is 47.0. The second kappa shape index (κ2) is 5.19. The normalized spacial score (nSPS) is 11.3. The summed E-state index contributed by atoms with van der Waals surface area (Å²) >= 11 is 0. The number of hydrogen-bond acceptors (Lipinski definition) is 5. The van der Waals surface area contributed by atoms with Crippen LogP contribution in [0.3, 0.4) is 0 Å². The van der Waals surface area contributed by atoms with Crippen molar-refractivity contribution in [1.29, 1.82) is 0 Å². The number of carboxylic acid groups (broad SMARTS) is 1. The summed E-state index contributed by atoms with van der Waals surface area (Å²) in [6.07, 6.45) is -2.70. The van der Waals surface area contributed by atoms with Crippen molar-refractivity contribution in [3.8, 4) is 5.75 Å². The van der Waals surface area contributed by atoms with E-state index in [0.717, 1.165) is 18.5 Å². The molecule has 1 N–H and O–H groups in total. The molecule has 2 rings (SSSR count). The van der Waals surface area contributed by atoms with Crippen LogP contribution in [0.5, 0.6) is 5.75 Å². The first-order valence-electron chi connectivity index (χ1n) is 5.20. The van der Waals surface area contributed by atoms with Gasteiger partial charge in [0.25, 0.3) is 0 Å². The molecule has 2 aromatic heterocycles. The van der Waals surface area contributed by atoms with Crippen LogP contribution in [0.4, 0.5) is 13.2 Å². The largest absolute Gasteiger partial charge is 0.484 e. The van der Waals surface area contributed by atoms with Crippen molar-refractivity contribution in [3.63, 3.8) is 0 Å². The molecule has 0 aliphatic rings. The highest BCUT2D eigenvalue weighted by Crippen LogP contribution is 2.29. The maximum absolute atomic E-state index is 12.4. The minimum absolute atomic E-state index is 0.0622. The SMILES string of the molecule is O=C(O)c1coc(COc2ccnc(C(F)(F)F)c2)n1. The first-order valence-corrected chi connectivity index (χ1v) is 5.20. The summed E-state index contributed by atoms with van der Waals surface area (Å²) in [5.74, 6) is -1.42. The zero-order valence-corrected chi connectivity index (χ0v) is 9.72. The number of carboxylic acids is 1. The van der Waals surface area contributed by atoms with E-state index in [1.807, 2.05) is 0 Å². The fourth-order valence-electron chi connectivity index (χ4n) is 1.28. The molecule has 106 valence electrons. The molecule has 20 heavy (non-hydrogen) atoms. The second-order valence-corrected chi connectivity index (χ2v) is 3.59. The molecule has 0 fully saturated rings. The number of ether oxygens (including phenoxy) is 1. The molecule has 0 radical (unpaired) electrons. The Morgan fingerprint density at radius 2 is 2.20 bits per heavy atom. The van der Waals surface area contributed by atoms with E-state index >= 15 is 0 Å². The summed E-state index contributed by atoms with van der Waals surface area (Å²) in [6.45, 7) is -0.297. The number of halogens is 3. The van der Waals surface area contributed by atoms with Gasteiger partial charge in [-0.2, -0.15) is 13.2 Å². The third-order valence-corrected chi connectivity index (χ3v) is 2.16. The van der Waals surface area contributed by atoms with Crippen molar-refractivity contribution >= 4 is 5.97 Å². The molecule has 6 nitrogen and oxygen atoms in total. The van der Waals surface area contributed by atoms with Crippen molar-refractivity contribution in [2.45, 2.75) is 12.8 Å². The number of nitrogens with zero attached hydrogens (tertiary/aromatic N) is 2. The van der Waals surface area contributed by atoms with E-state index in [2.05, 4.69) is 9.97 Å². The fraction of sp³-hybridized carbons (Fsp3) is 0.182. The van der Waals surface area contributed by atoms with Gasteiger partial charge in [-0.1, -0.05) is 0 Å². The van der Waals surface area contributed by atoms with Gasteiger partial charge in [-0.3, -0.25) is 4.98 Å². The molecular weight excluding hydrogens is 281 g/mol. The van der Waals surface area contributed by atoms with E-state index < -0.39 is 17.8 Å². The van der Waals surface area contributed by atoms with Crippen LogP contribution in [0.25, 0.3) is 0 Å². The van der Waals surface area contributed by atoms with Gasteiger partial charge in [0.1, 0.15) is 17.7 Å². The Bertz CT molecular complexity index is 624. The Labute approximate surface area is 109 Å². The van der Waals surface area contributed by atoms with Crippen molar-refractivity contribution in [2.24, 2.45) is 0 Å². The van der Waals surface area contributed by atoms with E-state index in [-0.39, 0.29) is 23.9 Å². The third kappa shape index (κ3) is 3.25. The zero-order chi connectivity index (χ0) is 14.8. The quantitative estimate of drug-likeness (QED) is 0.929. The van der Waals surface area contributed by atoms with Crippen LogP contribution in [0, 0.1) is 0 Å². The molecule has 0 aromatic carbocycles. The second-order valence-electron chi connectivity index (χ2n) is 3.59. The van der Waals surface area contributed by atoms with Crippen molar-refractivity contribution < 1.29 is 32.2 Å². The average molecular weight is 288 g/mol. The highest BCUT2D eigenvalue weighted by Gasteiger charge is 2.32. The minimum atomic E-state index is -4.57. The topological polar surface area (TPSA) is 85.5 Å². The summed E-state index contributed by atoms with van der Waals surface area (Å²) in [5.41, 5.74) is -1.40. The van der Waals surface area contributed by atoms with Gasteiger partial charge in [0.15, 0.2) is 12.3 Å². The van der Waals surface area contributed by atoms with Crippen LogP contribution in [0.2, 0.25) is 0 Å². The molecule has 0 saturated heterocycles. The van der Waals surface area contributed by atoms with E-state index in [9.17, 15) is 18.0 Å². The van der Waals surface area contributed by atoms with Crippen LogP contribution in [-0.2, 0) is 12.8 Å². The van der Waals surface area contributed by atoms with Crippen molar-refractivity contribution in [1.82, 2.24) is 9.97 Å². The van der Waals surface area contributed by atoms with Crippen molar-refractivity contribution in [2.75, 3.05) is 0 Å². The van der Waals surface area contributed by atoms with Crippen LogP contribution in [-0.4, -0.2) is 21.0 Å². The Hall–Kier alpha value is -2.58. The van der Waals surface area contributed by atoms with Gasteiger partial charge in [-0.05, 0) is 6.07 Å². The molecule has 0 amide bonds. The maximum atomic E-state index is 12.4. The van der Waals surface area contributed by atoms with Crippen LogP contribution in [0.1, 0.15) is 22.1 Å². The Morgan fingerprint density at radius 1 is 1.45 bits per heavy atom. The van der Waals surface area contributed by atoms with Crippen LogP contribution >= 0.6 is 0 Å². The summed E-state index contributed by atoms with van der Waals surface area (Å²) in [4.78, 5) is 17.3. The van der Waals surface area contributed by atoms with E-state index in [1.54, 1.807) is 0 Å². The molecule has 0 saturated carbocycles. The van der Waals surface area contributed by atoms with Crippen LogP contribution in [0.15, 0.2) is 29.0 Å². The molecule has 0 atom stereocenters. The lowest BCUT2D eigenvalue weighted by atomic mass is 10.3. The summed E-state index contributed by atoms with van der Waals surface area (Å²) in [5, 5.41) is 8.61. The zero-order valence-electron chi connectivity index (χ0n) is 9.72. The van der Waals surface area contributed by atoms with Gasteiger partial charge in [0.05, 0.1) is 0 Å². The number of rotatable bonds is 4. The highest BCUT2D eigenvalue weighted by molar-refractivity contribution is 5.84. The number of hydrogen-bond donors (Lipinski definition) is 1. The molecule has 0 bridgehead atoms. The fourth-order valence-corrected chi connectivity index (χ4v) is 1.28. The number of aromatic nitrogens is 2. The highest BCUT2D eigenvalue weighted by atomic mass is 19.4. The molecule has 0 aliphatic heterocycles. The lowest BCUT2D eigenvalue weighted by Crippen LogP contribution is -2.08. The first-order chi connectivity index (χ1) is 9.36. The molecular formula is C11H7F3N2O4. The lowest BCUT2D eigenvalue weighted by Gasteiger charge is -2.07. The monoisotopic (exact) mass is 288 g/mol. The standard InChI is InChI=1S/C11H7F3N2O4/c12-11(13,14)8-3-6(1-2-15-8)19-5-9-16-7(4-20-9)10(17)18/h1-4H,5H2,(H,17,18).